The molecule has 1 amide bonds. The van der Waals surface area contributed by atoms with Crippen LogP contribution in [0.4, 0.5) is 0 Å². The zero-order valence-corrected chi connectivity index (χ0v) is 12.7. The van der Waals surface area contributed by atoms with Gasteiger partial charge in [0.05, 0.1) is 6.04 Å². The van der Waals surface area contributed by atoms with E-state index in [0.29, 0.717) is 24.5 Å². The summed E-state index contributed by atoms with van der Waals surface area (Å²) in [4.78, 5) is 16.6. The van der Waals surface area contributed by atoms with Gasteiger partial charge in [-0.2, -0.15) is 14.9 Å². The van der Waals surface area contributed by atoms with E-state index >= 15 is 0 Å². The fraction of sp³-hybridized carbons (Fsp3) is 0.417. The van der Waals surface area contributed by atoms with Gasteiger partial charge in [0.2, 0.25) is 0 Å². The molecule has 3 rings (SSSR count). The molecule has 0 saturated carbocycles. The maximum Gasteiger partial charge on any atom is 0.269 e. The summed E-state index contributed by atoms with van der Waals surface area (Å²) in [5.74, 6) is 0.878. The van der Waals surface area contributed by atoms with Gasteiger partial charge >= 0.3 is 0 Å². The van der Waals surface area contributed by atoms with Crippen molar-refractivity contribution in [3.05, 3.63) is 30.2 Å². The normalized spacial score (nSPS) is 12.3. The van der Waals surface area contributed by atoms with Crippen molar-refractivity contribution in [1.29, 1.82) is 0 Å². The molecule has 11 nitrogen and oxygen atoms in total. The third kappa shape index (κ3) is 2.93. The first kappa shape index (κ1) is 14.8. The zero-order valence-electron chi connectivity index (χ0n) is 12.7. The first-order valence-corrected chi connectivity index (χ1v) is 7.20. The molecule has 3 heterocycles. The number of nitrogens with one attached hydrogen (secondary N) is 2. The number of rotatable bonds is 6. The Kier molecular flexibility index (Phi) is 4.08. The smallest absolute Gasteiger partial charge is 0.269 e. The van der Waals surface area contributed by atoms with Crippen LogP contribution in [0.2, 0.25) is 0 Å². The summed E-state index contributed by atoms with van der Waals surface area (Å²) in [6.07, 6.45) is 3.58. The first-order chi connectivity index (χ1) is 11.2. The molecule has 0 aliphatic heterocycles. The third-order valence-corrected chi connectivity index (χ3v) is 3.36. The number of hydrogen-bond acceptors (Lipinski definition) is 7. The second kappa shape index (κ2) is 6.34. The lowest BCUT2D eigenvalue weighted by Gasteiger charge is -2.16. The molecule has 1 atom stereocenters. The van der Waals surface area contributed by atoms with E-state index in [4.69, 9.17) is 0 Å². The highest BCUT2D eigenvalue weighted by molar-refractivity contribution is 5.92. The standard InChI is InChI=1S/C12H16N10O/c1-3-8(11-13-6-15-21(11)4-2)16-12(23)9-5-10(18-17-9)22-7-14-19-20-22/h5-8H,3-4H2,1-2H3,(H,16,23)(H,17,18). The van der Waals surface area contributed by atoms with Crippen molar-refractivity contribution in [2.45, 2.75) is 32.9 Å². The van der Waals surface area contributed by atoms with Crippen molar-refractivity contribution in [2.75, 3.05) is 0 Å². The molecule has 3 aromatic rings. The van der Waals surface area contributed by atoms with Crippen LogP contribution in [0.1, 0.15) is 42.6 Å². The van der Waals surface area contributed by atoms with E-state index in [2.05, 4.69) is 41.1 Å². The van der Waals surface area contributed by atoms with Crippen LogP contribution in [-0.4, -0.2) is 51.1 Å². The molecule has 0 aliphatic rings. The molecule has 23 heavy (non-hydrogen) atoms. The van der Waals surface area contributed by atoms with Crippen molar-refractivity contribution >= 4 is 5.91 Å². The van der Waals surface area contributed by atoms with E-state index in [9.17, 15) is 4.79 Å². The fourth-order valence-corrected chi connectivity index (χ4v) is 2.18. The van der Waals surface area contributed by atoms with Gasteiger partial charge in [-0.1, -0.05) is 6.92 Å². The van der Waals surface area contributed by atoms with Gasteiger partial charge < -0.3 is 5.32 Å². The molecular formula is C12H16N10O. The SMILES string of the molecule is CCC(NC(=O)c1cc(-n2cnnn2)n[nH]1)c1ncnn1CC. The van der Waals surface area contributed by atoms with Crippen molar-refractivity contribution in [1.82, 2.24) is 50.5 Å². The predicted octanol–water partition coefficient (Wildman–Crippen LogP) is -0.122. The number of H-pyrrole nitrogens is 1. The molecule has 0 radical (unpaired) electrons. The molecule has 0 bridgehead atoms. The fourth-order valence-electron chi connectivity index (χ4n) is 2.18. The van der Waals surface area contributed by atoms with Gasteiger partial charge in [0.15, 0.2) is 5.82 Å². The van der Waals surface area contributed by atoms with Crippen LogP contribution in [-0.2, 0) is 6.54 Å². The van der Waals surface area contributed by atoms with Gasteiger partial charge in [0, 0.05) is 12.6 Å². The average molecular weight is 316 g/mol. The summed E-state index contributed by atoms with van der Waals surface area (Å²) in [6, 6.07) is 1.34. The summed E-state index contributed by atoms with van der Waals surface area (Å²) in [6.45, 7) is 4.63. The van der Waals surface area contributed by atoms with Crippen LogP contribution in [0.25, 0.3) is 5.82 Å². The summed E-state index contributed by atoms with van der Waals surface area (Å²) in [5, 5.41) is 24.5. The second-order valence-electron chi connectivity index (χ2n) is 4.76. The van der Waals surface area contributed by atoms with Crippen LogP contribution in [0.3, 0.4) is 0 Å². The van der Waals surface area contributed by atoms with Gasteiger partial charge in [-0.3, -0.25) is 9.89 Å². The van der Waals surface area contributed by atoms with E-state index in [-0.39, 0.29) is 11.9 Å². The summed E-state index contributed by atoms with van der Waals surface area (Å²) >= 11 is 0. The van der Waals surface area contributed by atoms with E-state index < -0.39 is 0 Å². The van der Waals surface area contributed by atoms with Crippen LogP contribution in [0, 0.1) is 0 Å². The molecule has 3 aromatic heterocycles. The lowest BCUT2D eigenvalue weighted by atomic mass is 10.2. The molecule has 2 N–H and O–H groups in total. The monoisotopic (exact) mass is 316 g/mol. The lowest BCUT2D eigenvalue weighted by Crippen LogP contribution is -2.30. The zero-order chi connectivity index (χ0) is 16.2. The molecule has 120 valence electrons. The number of carbonyl (C=O) groups excluding carboxylic acids is 1. The number of tetrazole rings is 1. The number of carbonyl (C=O) groups is 1. The van der Waals surface area contributed by atoms with Crippen molar-refractivity contribution < 1.29 is 4.79 Å². The Morgan fingerprint density at radius 1 is 1.43 bits per heavy atom. The number of aromatic amines is 1. The maximum absolute atomic E-state index is 12.4. The minimum absolute atomic E-state index is 0.232. The second-order valence-corrected chi connectivity index (χ2v) is 4.76. The van der Waals surface area contributed by atoms with Crippen molar-refractivity contribution in [3.8, 4) is 5.82 Å². The van der Waals surface area contributed by atoms with Gasteiger partial charge in [0.1, 0.15) is 24.2 Å². The maximum atomic E-state index is 12.4. The molecule has 0 aliphatic carbocycles. The van der Waals surface area contributed by atoms with E-state index in [0.717, 1.165) is 5.82 Å². The Morgan fingerprint density at radius 2 is 2.30 bits per heavy atom. The van der Waals surface area contributed by atoms with Gasteiger partial charge in [-0.15, -0.1) is 5.10 Å². The highest BCUT2D eigenvalue weighted by Gasteiger charge is 2.20. The van der Waals surface area contributed by atoms with Crippen molar-refractivity contribution in [3.63, 3.8) is 0 Å². The van der Waals surface area contributed by atoms with E-state index in [1.807, 2.05) is 13.8 Å². The number of nitrogens with zero attached hydrogens (tertiary/aromatic N) is 8. The van der Waals surface area contributed by atoms with E-state index in [1.165, 1.54) is 17.3 Å². The quantitative estimate of drug-likeness (QED) is 0.647. The molecule has 0 fully saturated rings. The Labute approximate surface area is 131 Å². The Morgan fingerprint density at radius 3 is 3.00 bits per heavy atom. The highest BCUT2D eigenvalue weighted by Crippen LogP contribution is 2.14. The number of hydrogen-bond donors (Lipinski definition) is 2. The highest BCUT2D eigenvalue weighted by atomic mass is 16.2. The molecule has 1 unspecified atom stereocenters. The van der Waals surface area contributed by atoms with Crippen LogP contribution in [0.15, 0.2) is 18.7 Å². The number of aromatic nitrogens is 9. The van der Waals surface area contributed by atoms with Crippen LogP contribution < -0.4 is 5.32 Å². The van der Waals surface area contributed by atoms with Gasteiger partial charge in [-0.05, 0) is 23.8 Å². The first-order valence-electron chi connectivity index (χ1n) is 7.20. The minimum atomic E-state index is -0.283. The predicted molar refractivity (Wildman–Crippen MR) is 77.5 cm³/mol. The third-order valence-electron chi connectivity index (χ3n) is 3.36. The lowest BCUT2D eigenvalue weighted by molar-refractivity contribution is 0.0927. The number of amides is 1. The summed E-state index contributed by atoms with van der Waals surface area (Å²) < 4.78 is 3.12. The molecule has 0 saturated heterocycles. The summed E-state index contributed by atoms with van der Waals surface area (Å²) in [5.41, 5.74) is 0.316. The Bertz CT molecular complexity index is 773. The average Bonchev–Trinajstić information content (AvgIpc) is 3.32. The Balaban J connectivity index is 1.75. The minimum Gasteiger partial charge on any atom is -0.341 e. The Hall–Kier alpha value is -3.11. The van der Waals surface area contributed by atoms with Gasteiger partial charge in [-0.25, -0.2) is 9.67 Å². The molecule has 11 heteroatoms. The van der Waals surface area contributed by atoms with Gasteiger partial charge in [0.25, 0.3) is 5.91 Å². The van der Waals surface area contributed by atoms with Crippen molar-refractivity contribution in [2.24, 2.45) is 0 Å². The molecular weight excluding hydrogens is 300 g/mol. The largest absolute Gasteiger partial charge is 0.341 e. The summed E-state index contributed by atoms with van der Waals surface area (Å²) in [7, 11) is 0. The molecule has 0 aromatic carbocycles. The van der Waals surface area contributed by atoms with E-state index in [1.54, 1.807) is 10.7 Å². The topological polar surface area (TPSA) is 132 Å². The van der Waals surface area contributed by atoms with Crippen LogP contribution in [0.5, 0.6) is 0 Å². The van der Waals surface area contributed by atoms with Crippen LogP contribution >= 0.6 is 0 Å². The molecule has 0 spiro atoms. The number of aryl methyl sites for hydroxylation is 1.